The average molecular weight is 293 g/mol. The Morgan fingerprint density at radius 1 is 1.20 bits per heavy atom. The highest BCUT2D eigenvalue weighted by molar-refractivity contribution is 6.31. The highest BCUT2D eigenvalue weighted by Crippen LogP contribution is 2.29. The van der Waals surface area contributed by atoms with E-state index in [1.54, 1.807) is 18.2 Å². The van der Waals surface area contributed by atoms with Gasteiger partial charge in [-0.2, -0.15) is 0 Å². The molecule has 104 valence electrons. The minimum atomic E-state index is -0.462. The summed E-state index contributed by atoms with van der Waals surface area (Å²) in [6.45, 7) is 0. The molecule has 1 amide bonds. The van der Waals surface area contributed by atoms with E-state index < -0.39 is 5.91 Å². The van der Waals surface area contributed by atoms with Gasteiger partial charge in [0.15, 0.2) is 0 Å². The molecule has 0 saturated carbocycles. The molecule has 0 aromatic heterocycles. The lowest BCUT2D eigenvalue weighted by atomic mass is 10.1. The highest BCUT2D eigenvalue weighted by atomic mass is 35.5. The Morgan fingerprint density at radius 2 is 1.90 bits per heavy atom. The number of phenols is 2. The van der Waals surface area contributed by atoms with E-state index in [0.717, 1.165) is 6.07 Å². The molecule has 0 heterocycles. The molecule has 0 saturated heterocycles. The van der Waals surface area contributed by atoms with Crippen LogP contribution in [0, 0.1) is 0 Å². The Kier molecular flexibility index (Phi) is 3.72. The maximum absolute atomic E-state index is 12.3. The molecule has 5 nitrogen and oxygen atoms in total. The fraction of sp³-hybridized carbons (Fsp3) is 0.0714. The average Bonchev–Trinajstić information content (AvgIpc) is 2.40. The van der Waals surface area contributed by atoms with E-state index in [1.807, 2.05) is 0 Å². The van der Waals surface area contributed by atoms with Crippen LogP contribution < -0.4 is 10.6 Å². The molecular formula is C14H13ClN2O3. The molecule has 0 radical (unpaired) electrons. The summed E-state index contributed by atoms with van der Waals surface area (Å²) in [5, 5.41) is 19.4. The third-order valence-electron chi connectivity index (χ3n) is 2.87. The zero-order valence-electron chi connectivity index (χ0n) is 10.7. The summed E-state index contributed by atoms with van der Waals surface area (Å²) in [6.07, 6.45) is 0. The second-order valence-electron chi connectivity index (χ2n) is 4.27. The molecule has 2 rings (SSSR count). The van der Waals surface area contributed by atoms with Crippen LogP contribution in [0.5, 0.6) is 11.5 Å². The molecule has 2 aromatic carbocycles. The predicted octanol–water partition coefficient (Wildman–Crippen LogP) is 2.61. The summed E-state index contributed by atoms with van der Waals surface area (Å²) >= 11 is 5.89. The molecule has 0 fully saturated rings. The van der Waals surface area contributed by atoms with Gasteiger partial charge in [0.1, 0.15) is 11.5 Å². The molecule has 0 unspecified atom stereocenters. The Bertz CT molecular complexity index is 673. The predicted molar refractivity (Wildman–Crippen MR) is 78.4 cm³/mol. The monoisotopic (exact) mass is 292 g/mol. The standard InChI is InChI=1S/C14H13ClN2O3/c1-17(12-6-8(15)2-5-11(12)16)14(20)10-4-3-9(18)7-13(10)19/h2-7,18-19H,16H2,1H3. The number of nitrogens with two attached hydrogens (primary N) is 1. The first-order valence-corrected chi connectivity index (χ1v) is 6.13. The SMILES string of the molecule is CN(C(=O)c1ccc(O)cc1O)c1cc(Cl)ccc1N. The number of benzene rings is 2. The van der Waals surface area contributed by atoms with Crippen LogP contribution in [-0.2, 0) is 0 Å². The van der Waals surface area contributed by atoms with E-state index in [2.05, 4.69) is 0 Å². The van der Waals surface area contributed by atoms with Crippen LogP contribution in [0.2, 0.25) is 5.02 Å². The minimum Gasteiger partial charge on any atom is -0.508 e. The van der Waals surface area contributed by atoms with Gasteiger partial charge in [-0.15, -0.1) is 0 Å². The lowest BCUT2D eigenvalue weighted by molar-refractivity contribution is 0.0990. The van der Waals surface area contributed by atoms with Crippen molar-refractivity contribution >= 4 is 28.9 Å². The van der Waals surface area contributed by atoms with Crippen molar-refractivity contribution in [2.24, 2.45) is 0 Å². The fourth-order valence-corrected chi connectivity index (χ4v) is 1.96. The van der Waals surface area contributed by atoms with Crippen molar-refractivity contribution in [3.63, 3.8) is 0 Å². The molecule has 20 heavy (non-hydrogen) atoms. The van der Waals surface area contributed by atoms with E-state index in [0.29, 0.717) is 16.4 Å². The maximum atomic E-state index is 12.3. The van der Waals surface area contributed by atoms with Crippen LogP contribution in [-0.4, -0.2) is 23.2 Å². The largest absolute Gasteiger partial charge is 0.508 e. The van der Waals surface area contributed by atoms with Crippen LogP contribution in [0.4, 0.5) is 11.4 Å². The minimum absolute atomic E-state index is 0.0599. The number of hydrogen-bond acceptors (Lipinski definition) is 4. The summed E-state index contributed by atoms with van der Waals surface area (Å²) in [5.74, 6) is -0.886. The number of halogens is 1. The van der Waals surface area contributed by atoms with Crippen molar-refractivity contribution in [1.29, 1.82) is 0 Å². The Labute approximate surface area is 120 Å². The van der Waals surface area contributed by atoms with Crippen LogP contribution in [0.3, 0.4) is 0 Å². The van der Waals surface area contributed by atoms with E-state index >= 15 is 0 Å². The molecule has 0 bridgehead atoms. The number of hydrogen-bond donors (Lipinski definition) is 3. The molecule has 6 heteroatoms. The Morgan fingerprint density at radius 3 is 2.55 bits per heavy atom. The summed E-state index contributed by atoms with van der Waals surface area (Å²) in [4.78, 5) is 13.6. The van der Waals surface area contributed by atoms with E-state index in [9.17, 15) is 15.0 Å². The summed E-state index contributed by atoms with van der Waals surface area (Å²) < 4.78 is 0. The number of aromatic hydroxyl groups is 2. The fourth-order valence-electron chi connectivity index (χ4n) is 1.80. The number of phenolic OH excluding ortho intramolecular Hbond substituents is 2. The van der Waals surface area contributed by atoms with Gasteiger partial charge in [0.05, 0.1) is 16.9 Å². The number of anilines is 2. The third-order valence-corrected chi connectivity index (χ3v) is 3.11. The van der Waals surface area contributed by atoms with E-state index in [1.165, 1.54) is 24.1 Å². The summed E-state index contributed by atoms with van der Waals surface area (Å²) in [6, 6.07) is 8.54. The van der Waals surface area contributed by atoms with Gasteiger partial charge in [0.25, 0.3) is 5.91 Å². The molecule has 0 aliphatic heterocycles. The Hall–Kier alpha value is -2.40. The lowest BCUT2D eigenvalue weighted by Gasteiger charge is -2.20. The number of carbonyl (C=O) groups is 1. The molecule has 0 atom stereocenters. The number of nitrogens with zero attached hydrogens (tertiary/aromatic N) is 1. The quantitative estimate of drug-likeness (QED) is 0.743. The van der Waals surface area contributed by atoms with Crippen molar-refractivity contribution in [1.82, 2.24) is 0 Å². The smallest absolute Gasteiger partial charge is 0.261 e. The second kappa shape index (κ2) is 5.30. The van der Waals surface area contributed by atoms with Gasteiger partial charge in [-0.1, -0.05) is 11.6 Å². The molecule has 2 aromatic rings. The van der Waals surface area contributed by atoms with Gasteiger partial charge < -0.3 is 20.8 Å². The van der Waals surface area contributed by atoms with Gasteiger partial charge in [-0.3, -0.25) is 4.79 Å². The maximum Gasteiger partial charge on any atom is 0.261 e. The van der Waals surface area contributed by atoms with Gasteiger partial charge >= 0.3 is 0 Å². The zero-order chi connectivity index (χ0) is 14.9. The first kappa shape index (κ1) is 14.0. The number of carbonyl (C=O) groups excluding carboxylic acids is 1. The van der Waals surface area contributed by atoms with Crippen molar-refractivity contribution in [2.75, 3.05) is 17.7 Å². The molecular weight excluding hydrogens is 280 g/mol. The van der Waals surface area contributed by atoms with Crippen molar-refractivity contribution in [2.45, 2.75) is 0 Å². The van der Waals surface area contributed by atoms with Crippen LogP contribution >= 0.6 is 11.6 Å². The highest BCUT2D eigenvalue weighted by Gasteiger charge is 2.19. The third kappa shape index (κ3) is 2.62. The van der Waals surface area contributed by atoms with Gasteiger partial charge in [0.2, 0.25) is 0 Å². The Balaban J connectivity index is 2.40. The first-order chi connectivity index (χ1) is 9.40. The first-order valence-electron chi connectivity index (χ1n) is 5.75. The summed E-state index contributed by atoms with van der Waals surface area (Å²) in [7, 11) is 1.52. The molecule has 0 aliphatic rings. The summed E-state index contributed by atoms with van der Waals surface area (Å²) in [5.41, 5.74) is 6.71. The topological polar surface area (TPSA) is 86.8 Å². The van der Waals surface area contributed by atoms with Crippen molar-refractivity contribution < 1.29 is 15.0 Å². The van der Waals surface area contributed by atoms with E-state index in [4.69, 9.17) is 17.3 Å². The molecule has 4 N–H and O–H groups in total. The van der Waals surface area contributed by atoms with E-state index in [-0.39, 0.29) is 17.1 Å². The zero-order valence-corrected chi connectivity index (χ0v) is 11.4. The number of rotatable bonds is 2. The van der Waals surface area contributed by atoms with Gasteiger partial charge in [0, 0.05) is 18.1 Å². The second-order valence-corrected chi connectivity index (χ2v) is 4.71. The molecule has 0 aliphatic carbocycles. The van der Waals surface area contributed by atoms with Crippen molar-refractivity contribution in [3.8, 4) is 11.5 Å². The van der Waals surface area contributed by atoms with Crippen LogP contribution in [0.1, 0.15) is 10.4 Å². The lowest BCUT2D eigenvalue weighted by Crippen LogP contribution is -2.27. The van der Waals surface area contributed by atoms with Gasteiger partial charge in [-0.25, -0.2) is 0 Å². The van der Waals surface area contributed by atoms with Gasteiger partial charge in [-0.05, 0) is 30.3 Å². The molecule has 0 spiro atoms. The number of nitrogen functional groups attached to an aromatic ring is 1. The van der Waals surface area contributed by atoms with Crippen molar-refractivity contribution in [3.05, 3.63) is 47.0 Å². The normalized spacial score (nSPS) is 10.3. The van der Waals surface area contributed by atoms with Crippen LogP contribution in [0.15, 0.2) is 36.4 Å². The van der Waals surface area contributed by atoms with Crippen LogP contribution in [0.25, 0.3) is 0 Å². The number of amides is 1.